The number of carbonyl (C=O) groups excluding carboxylic acids is 2. The maximum absolute atomic E-state index is 10.9. The number of carbonyl (C=O) groups is 2. The summed E-state index contributed by atoms with van der Waals surface area (Å²) in [6.07, 6.45) is 6.69. The third-order valence-corrected chi connectivity index (χ3v) is 1.26. The van der Waals surface area contributed by atoms with E-state index in [1.54, 1.807) is 38.2 Å². The Bertz CT molecular complexity index is 215. The Morgan fingerprint density at radius 1 is 0.929 bits per heavy atom. The number of esters is 2. The molecule has 0 aliphatic heterocycles. The molecule has 78 valence electrons. The zero-order chi connectivity index (χ0) is 10.8. The van der Waals surface area contributed by atoms with E-state index in [0.717, 1.165) is 0 Å². The quantitative estimate of drug-likeness (QED) is 0.387. The first-order valence-electron chi connectivity index (χ1n) is 4.28. The second kappa shape index (κ2) is 8.04. The molecule has 0 rings (SSSR count). The maximum atomic E-state index is 10.9. The van der Waals surface area contributed by atoms with Crippen molar-refractivity contribution >= 4 is 11.9 Å². The van der Waals surface area contributed by atoms with Gasteiger partial charge >= 0.3 is 11.9 Å². The Balaban J connectivity index is 3.71. The van der Waals surface area contributed by atoms with E-state index in [9.17, 15) is 9.59 Å². The monoisotopic (exact) mass is 198 g/mol. The summed E-state index contributed by atoms with van der Waals surface area (Å²) in [5.74, 6) is -1.93. The number of rotatable bonds is 4. The van der Waals surface area contributed by atoms with Crippen LogP contribution in [0.2, 0.25) is 0 Å². The lowest BCUT2D eigenvalue weighted by Crippen LogP contribution is -2.20. The highest BCUT2D eigenvalue weighted by atomic mass is 16.6. The number of hydrogen-bond acceptors (Lipinski definition) is 4. The van der Waals surface area contributed by atoms with Crippen LogP contribution in [0.4, 0.5) is 0 Å². The highest BCUT2D eigenvalue weighted by Crippen LogP contribution is 1.86. The smallest absolute Gasteiger partial charge is 0.417 e. The van der Waals surface area contributed by atoms with Gasteiger partial charge in [-0.3, -0.25) is 0 Å². The zero-order valence-electron chi connectivity index (χ0n) is 8.36. The lowest BCUT2D eigenvalue weighted by molar-refractivity contribution is -0.166. The minimum Gasteiger partial charge on any atom is -0.453 e. The van der Waals surface area contributed by atoms with E-state index < -0.39 is 11.9 Å². The largest absolute Gasteiger partial charge is 0.453 e. The van der Waals surface area contributed by atoms with Crippen molar-refractivity contribution in [3.63, 3.8) is 0 Å². The topological polar surface area (TPSA) is 52.6 Å². The first-order chi connectivity index (χ1) is 6.72. The average Bonchev–Trinajstić information content (AvgIpc) is 2.18. The molecular formula is C10H14O4. The molecule has 0 radical (unpaired) electrons. The van der Waals surface area contributed by atoms with E-state index in [-0.39, 0.29) is 13.2 Å². The average molecular weight is 198 g/mol. The van der Waals surface area contributed by atoms with Crippen LogP contribution >= 0.6 is 0 Å². The molecule has 0 aliphatic rings. The van der Waals surface area contributed by atoms with E-state index in [0.29, 0.717) is 0 Å². The van der Waals surface area contributed by atoms with E-state index in [2.05, 4.69) is 9.47 Å². The second-order valence-corrected chi connectivity index (χ2v) is 2.33. The summed E-state index contributed by atoms with van der Waals surface area (Å²) >= 11 is 0. The molecule has 0 saturated carbocycles. The van der Waals surface area contributed by atoms with Gasteiger partial charge in [0.2, 0.25) is 0 Å². The summed E-state index contributed by atoms with van der Waals surface area (Å²) < 4.78 is 9.10. The first-order valence-corrected chi connectivity index (χ1v) is 4.28. The molecule has 0 bridgehead atoms. The minimum absolute atomic E-state index is 0.0913. The summed E-state index contributed by atoms with van der Waals surface area (Å²) in [4.78, 5) is 21.7. The standard InChI is InChI=1S/C10H14O4/c1-3-5-7-13-9(11)10(12)14-8-6-4-2/h3-6H,7-8H2,1-2H3. The molecule has 0 saturated heterocycles. The highest BCUT2D eigenvalue weighted by molar-refractivity contribution is 6.29. The second-order valence-electron chi connectivity index (χ2n) is 2.33. The van der Waals surface area contributed by atoms with Crippen molar-refractivity contribution in [1.29, 1.82) is 0 Å². The molecule has 0 amide bonds. The van der Waals surface area contributed by atoms with E-state index in [4.69, 9.17) is 0 Å². The van der Waals surface area contributed by atoms with Gasteiger partial charge in [-0.05, 0) is 13.8 Å². The van der Waals surface area contributed by atoms with Gasteiger partial charge in [0.1, 0.15) is 13.2 Å². The molecule has 0 N–H and O–H groups in total. The van der Waals surface area contributed by atoms with Gasteiger partial charge in [-0.15, -0.1) is 0 Å². The predicted molar refractivity (Wildman–Crippen MR) is 51.5 cm³/mol. The Morgan fingerprint density at radius 3 is 1.57 bits per heavy atom. The van der Waals surface area contributed by atoms with Crippen LogP contribution in [-0.2, 0) is 19.1 Å². The molecule has 0 aromatic rings. The summed E-state index contributed by atoms with van der Waals surface area (Å²) in [5.41, 5.74) is 0. The fraction of sp³-hybridized carbons (Fsp3) is 0.400. The summed E-state index contributed by atoms with van der Waals surface area (Å²) in [7, 11) is 0. The van der Waals surface area contributed by atoms with Gasteiger partial charge in [0, 0.05) is 0 Å². The van der Waals surface area contributed by atoms with Gasteiger partial charge < -0.3 is 9.47 Å². The predicted octanol–water partition coefficient (Wildman–Crippen LogP) is 1.22. The normalized spacial score (nSPS) is 10.7. The first kappa shape index (κ1) is 12.4. The van der Waals surface area contributed by atoms with Gasteiger partial charge in [0.05, 0.1) is 0 Å². The summed E-state index contributed by atoms with van der Waals surface area (Å²) in [6, 6.07) is 0. The van der Waals surface area contributed by atoms with Gasteiger partial charge in [-0.25, -0.2) is 9.59 Å². The summed E-state index contributed by atoms with van der Waals surface area (Å²) in [5, 5.41) is 0. The van der Waals surface area contributed by atoms with Crippen molar-refractivity contribution in [3.05, 3.63) is 24.3 Å². The van der Waals surface area contributed by atoms with E-state index >= 15 is 0 Å². The molecule has 0 aliphatic carbocycles. The molecule has 0 fully saturated rings. The van der Waals surface area contributed by atoms with Gasteiger partial charge in [0.15, 0.2) is 0 Å². The summed E-state index contributed by atoms with van der Waals surface area (Å²) in [6.45, 7) is 3.76. The van der Waals surface area contributed by atoms with Crippen LogP contribution in [0.5, 0.6) is 0 Å². The van der Waals surface area contributed by atoms with Crippen LogP contribution in [0.25, 0.3) is 0 Å². The van der Waals surface area contributed by atoms with E-state index in [1.807, 2.05) is 0 Å². The molecule has 0 spiro atoms. The lowest BCUT2D eigenvalue weighted by atomic mass is 10.5. The van der Waals surface area contributed by atoms with Crippen molar-refractivity contribution in [2.75, 3.05) is 13.2 Å². The van der Waals surface area contributed by atoms with Gasteiger partial charge in [-0.1, -0.05) is 24.3 Å². The molecule has 0 unspecified atom stereocenters. The molecule has 0 heterocycles. The molecule has 4 heteroatoms. The van der Waals surface area contributed by atoms with Crippen LogP contribution in [0.1, 0.15) is 13.8 Å². The SMILES string of the molecule is CC=CCOC(=O)C(=O)OCC=CC. The molecule has 0 aromatic heterocycles. The van der Waals surface area contributed by atoms with E-state index in [1.165, 1.54) is 0 Å². The minimum atomic E-state index is -0.965. The Morgan fingerprint density at radius 2 is 1.29 bits per heavy atom. The van der Waals surface area contributed by atoms with Gasteiger partial charge in [0.25, 0.3) is 0 Å². The molecule has 0 atom stereocenters. The highest BCUT2D eigenvalue weighted by Gasteiger charge is 2.15. The fourth-order valence-electron chi connectivity index (χ4n) is 0.558. The molecular weight excluding hydrogens is 184 g/mol. The molecule has 14 heavy (non-hydrogen) atoms. The van der Waals surface area contributed by atoms with Crippen LogP contribution in [-0.4, -0.2) is 25.2 Å². The Kier molecular flexibility index (Phi) is 7.13. The van der Waals surface area contributed by atoms with Crippen molar-refractivity contribution in [3.8, 4) is 0 Å². The van der Waals surface area contributed by atoms with Crippen molar-refractivity contribution in [2.24, 2.45) is 0 Å². The molecule has 4 nitrogen and oxygen atoms in total. The van der Waals surface area contributed by atoms with Gasteiger partial charge in [-0.2, -0.15) is 0 Å². The van der Waals surface area contributed by atoms with Crippen molar-refractivity contribution < 1.29 is 19.1 Å². The van der Waals surface area contributed by atoms with Crippen molar-refractivity contribution in [1.82, 2.24) is 0 Å². The van der Waals surface area contributed by atoms with Crippen LogP contribution < -0.4 is 0 Å². The van der Waals surface area contributed by atoms with Crippen molar-refractivity contribution in [2.45, 2.75) is 13.8 Å². The number of allylic oxidation sites excluding steroid dienone is 2. The third-order valence-electron chi connectivity index (χ3n) is 1.26. The zero-order valence-corrected chi connectivity index (χ0v) is 8.36. The fourth-order valence-corrected chi connectivity index (χ4v) is 0.558. The lowest BCUT2D eigenvalue weighted by Gasteiger charge is -2.00. The van der Waals surface area contributed by atoms with Crippen LogP contribution in [0.3, 0.4) is 0 Å². The molecule has 0 aromatic carbocycles. The maximum Gasteiger partial charge on any atom is 0.417 e. The Hall–Kier alpha value is -1.58. The van der Waals surface area contributed by atoms with Crippen LogP contribution in [0.15, 0.2) is 24.3 Å². The number of hydrogen-bond donors (Lipinski definition) is 0. The Labute approximate surface area is 83.2 Å². The van der Waals surface area contributed by atoms with Crippen LogP contribution in [0, 0.1) is 0 Å². The number of ether oxygens (including phenoxy) is 2. The third kappa shape index (κ3) is 5.99.